The van der Waals surface area contributed by atoms with E-state index in [2.05, 4.69) is 20.9 Å². The van der Waals surface area contributed by atoms with Crippen molar-refractivity contribution < 1.29 is 9.21 Å². The van der Waals surface area contributed by atoms with E-state index >= 15 is 0 Å². The SMILES string of the molecule is Cn1c(-c2ccc(NC(=O)Cc3csc(-c4ccco4)n3)cc2)nc2ccccc21. The van der Waals surface area contributed by atoms with Crippen molar-refractivity contribution >= 4 is 34.0 Å². The van der Waals surface area contributed by atoms with E-state index in [4.69, 9.17) is 9.40 Å². The van der Waals surface area contributed by atoms with Crippen LogP contribution in [0.25, 0.3) is 33.2 Å². The van der Waals surface area contributed by atoms with Crippen LogP contribution in [0.3, 0.4) is 0 Å². The number of para-hydroxylation sites is 2. The molecule has 5 aromatic rings. The highest BCUT2D eigenvalue weighted by Gasteiger charge is 2.12. The Labute approximate surface area is 176 Å². The van der Waals surface area contributed by atoms with Crippen molar-refractivity contribution in [3.8, 4) is 22.2 Å². The van der Waals surface area contributed by atoms with Gasteiger partial charge in [0.15, 0.2) is 10.8 Å². The van der Waals surface area contributed by atoms with Crippen molar-refractivity contribution in [1.29, 1.82) is 0 Å². The average molecular weight is 414 g/mol. The fourth-order valence-corrected chi connectivity index (χ4v) is 4.16. The first-order valence-corrected chi connectivity index (χ1v) is 10.4. The number of rotatable bonds is 5. The zero-order chi connectivity index (χ0) is 20.5. The molecule has 5 rings (SSSR count). The molecule has 0 aliphatic rings. The summed E-state index contributed by atoms with van der Waals surface area (Å²) in [6.07, 6.45) is 1.82. The molecule has 0 aliphatic heterocycles. The third kappa shape index (κ3) is 3.51. The van der Waals surface area contributed by atoms with Gasteiger partial charge in [0, 0.05) is 23.7 Å². The Morgan fingerprint density at radius 3 is 2.67 bits per heavy atom. The predicted octanol–water partition coefficient (Wildman–Crippen LogP) is 5.14. The number of aryl methyl sites for hydroxylation is 1. The van der Waals surface area contributed by atoms with Crippen LogP contribution in [0.5, 0.6) is 0 Å². The first-order valence-electron chi connectivity index (χ1n) is 9.47. The zero-order valence-corrected chi connectivity index (χ0v) is 17.0. The molecule has 30 heavy (non-hydrogen) atoms. The van der Waals surface area contributed by atoms with Crippen LogP contribution >= 0.6 is 11.3 Å². The van der Waals surface area contributed by atoms with Crippen LogP contribution in [0, 0.1) is 0 Å². The number of imidazole rings is 1. The maximum Gasteiger partial charge on any atom is 0.230 e. The van der Waals surface area contributed by atoms with Crippen molar-refractivity contribution in [2.75, 3.05) is 5.32 Å². The van der Waals surface area contributed by atoms with Gasteiger partial charge >= 0.3 is 0 Å². The number of amides is 1. The lowest BCUT2D eigenvalue weighted by Gasteiger charge is -2.06. The average Bonchev–Trinajstić information content (AvgIpc) is 3.50. The van der Waals surface area contributed by atoms with Crippen LogP contribution in [0.4, 0.5) is 5.69 Å². The molecule has 7 heteroatoms. The maximum absolute atomic E-state index is 12.4. The van der Waals surface area contributed by atoms with Gasteiger partial charge in [0.2, 0.25) is 5.91 Å². The summed E-state index contributed by atoms with van der Waals surface area (Å²) >= 11 is 1.46. The van der Waals surface area contributed by atoms with Crippen molar-refractivity contribution in [2.24, 2.45) is 7.05 Å². The topological polar surface area (TPSA) is 73.0 Å². The molecule has 3 heterocycles. The number of benzene rings is 2. The summed E-state index contributed by atoms with van der Waals surface area (Å²) in [6, 6.07) is 19.4. The Hall–Kier alpha value is -3.71. The summed E-state index contributed by atoms with van der Waals surface area (Å²) in [6.45, 7) is 0. The lowest BCUT2D eigenvalue weighted by molar-refractivity contribution is -0.115. The van der Waals surface area contributed by atoms with E-state index in [1.165, 1.54) is 11.3 Å². The first-order chi connectivity index (χ1) is 14.7. The number of carbonyl (C=O) groups excluding carboxylic acids is 1. The molecule has 0 bridgehead atoms. The molecule has 0 aliphatic carbocycles. The lowest BCUT2D eigenvalue weighted by Crippen LogP contribution is -2.14. The number of nitrogens with one attached hydrogen (secondary N) is 1. The molecule has 6 nitrogen and oxygen atoms in total. The summed E-state index contributed by atoms with van der Waals surface area (Å²) in [5.41, 5.74) is 4.50. The first kappa shape index (κ1) is 18.3. The highest BCUT2D eigenvalue weighted by Crippen LogP contribution is 2.26. The highest BCUT2D eigenvalue weighted by molar-refractivity contribution is 7.13. The summed E-state index contributed by atoms with van der Waals surface area (Å²) in [5, 5.41) is 5.58. The van der Waals surface area contributed by atoms with Gasteiger partial charge < -0.3 is 14.3 Å². The molecule has 148 valence electrons. The molecule has 3 aromatic heterocycles. The van der Waals surface area contributed by atoms with Crippen LogP contribution in [0.15, 0.2) is 76.7 Å². The number of hydrogen-bond acceptors (Lipinski definition) is 5. The number of furan rings is 1. The van der Waals surface area contributed by atoms with Crippen molar-refractivity contribution in [3.05, 3.63) is 78.0 Å². The van der Waals surface area contributed by atoms with Gasteiger partial charge in [-0.2, -0.15) is 0 Å². The Morgan fingerprint density at radius 1 is 1.07 bits per heavy atom. The van der Waals surface area contributed by atoms with E-state index in [9.17, 15) is 4.79 Å². The van der Waals surface area contributed by atoms with E-state index in [0.29, 0.717) is 5.76 Å². The molecular weight excluding hydrogens is 396 g/mol. The number of aromatic nitrogens is 3. The number of carbonyl (C=O) groups is 1. The van der Waals surface area contributed by atoms with Crippen LogP contribution in [-0.2, 0) is 18.3 Å². The molecule has 1 amide bonds. The number of fused-ring (bicyclic) bond motifs is 1. The second-order valence-corrected chi connectivity index (χ2v) is 7.76. The van der Waals surface area contributed by atoms with Crippen molar-refractivity contribution in [3.63, 3.8) is 0 Å². The third-order valence-electron chi connectivity index (χ3n) is 4.84. The van der Waals surface area contributed by atoms with Crippen molar-refractivity contribution in [2.45, 2.75) is 6.42 Å². The molecule has 0 unspecified atom stereocenters. The smallest absolute Gasteiger partial charge is 0.230 e. The Balaban J connectivity index is 1.28. The van der Waals surface area contributed by atoms with Gasteiger partial charge in [-0.1, -0.05) is 12.1 Å². The van der Waals surface area contributed by atoms with E-state index < -0.39 is 0 Å². The van der Waals surface area contributed by atoms with Crippen molar-refractivity contribution in [1.82, 2.24) is 14.5 Å². The number of anilines is 1. The molecule has 0 radical (unpaired) electrons. The van der Waals surface area contributed by atoms with Gasteiger partial charge in [-0.25, -0.2) is 9.97 Å². The van der Waals surface area contributed by atoms with Gasteiger partial charge in [-0.05, 0) is 48.5 Å². The minimum atomic E-state index is -0.109. The van der Waals surface area contributed by atoms with E-state index in [1.54, 1.807) is 6.26 Å². The lowest BCUT2D eigenvalue weighted by atomic mass is 10.2. The van der Waals surface area contributed by atoms with Gasteiger partial charge in [-0.15, -0.1) is 11.3 Å². The zero-order valence-electron chi connectivity index (χ0n) is 16.2. The fraction of sp³-hybridized carbons (Fsp3) is 0.0870. The van der Waals surface area contributed by atoms with Gasteiger partial charge in [0.1, 0.15) is 5.82 Å². The number of hydrogen-bond donors (Lipinski definition) is 1. The van der Waals surface area contributed by atoms with Gasteiger partial charge in [0.05, 0.1) is 29.4 Å². The molecule has 0 fully saturated rings. The molecule has 0 atom stereocenters. The Bertz CT molecular complexity index is 1320. The van der Waals surface area contributed by atoms with Crippen LogP contribution in [0.1, 0.15) is 5.69 Å². The second-order valence-electron chi connectivity index (χ2n) is 6.91. The normalized spacial score (nSPS) is 11.1. The molecule has 0 spiro atoms. The summed E-state index contributed by atoms with van der Waals surface area (Å²) in [7, 11) is 2.01. The second kappa shape index (κ2) is 7.61. The maximum atomic E-state index is 12.4. The highest BCUT2D eigenvalue weighted by atomic mass is 32.1. The molecule has 0 saturated heterocycles. The van der Waals surface area contributed by atoms with E-state index in [0.717, 1.165) is 38.8 Å². The number of nitrogens with zero attached hydrogens (tertiary/aromatic N) is 3. The monoisotopic (exact) mass is 414 g/mol. The Morgan fingerprint density at radius 2 is 1.90 bits per heavy atom. The standard InChI is InChI=1S/C23H18N4O2S/c1-27-19-6-3-2-5-18(19)26-22(27)15-8-10-16(11-9-15)24-21(28)13-17-14-30-23(25-17)20-7-4-12-29-20/h2-12,14H,13H2,1H3,(H,24,28). The third-order valence-corrected chi connectivity index (χ3v) is 5.75. The van der Waals surface area contributed by atoms with Crippen LogP contribution in [-0.4, -0.2) is 20.4 Å². The fourth-order valence-electron chi connectivity index (χ4n) is 3.38. The molecular formula is C23H18N4O2S. The molecule has 2 aromatic carbocycles. The van der Waals surface area contributed by atoms with E-state index in [1.807, 2.05) is 67.0 Å². The van der Waals surface area contributed by atoms with Gasteiger partial charge in [0.25, 0.3) is 0 Å². The largest absolute Gasteiger partial charge is 0.462 e. The van der Waals surface area contributed by atoms with Crippen LogP contribution < -0.4 is 5.32 Å². The summed E-state index contributed by atoms with van der Waals surface area (Å²) in [5.74, 6) is 1.49. The van der Waals surface area contributed by atoms with E-state index in [-0.39, 0.29) is 12.3 Å². The minimum absolute atomic E-state index is 0.109. The summed E-state index contributed by atoms with van der Waals surface area (Å²) in [4.78, 5) is 21.6. The Kier molecular flexibility index (Phi) is 4.65. The quantitative estimate of drug-likeness (QED) is 0.432. The van der Waals surface area contributed by atoms with Crippen LogP contribution in [0.2, 0.25) is 0 Å². The minimum Gasteiger partial charge on any atom is -0.462 e. The predicted molar refractivity (Wildman–Crippen MR) is 118 cm³/mol. The van der Waals surface area contributed by atoms with Gasteiger partial charge in [-0.3, -0.25) is 4.79 Å². The summed E-state index contributed by atoms with van der Waals surface area (Å²) < 4.78 is 7.42. The number of thiazole rings is 1. The molecule has 1 N–H and O–H groups in total. The molecule has 0 saturated carbocycles.